The van der Waals surface area contributed by atoms with Crippen LogP contribution in [0.4, 0.5) is 0 Å². The van der Waals surface area contributed by atoms with Gasteiger partial charge in [-0.15, -0.1) is 0 Å². The molecule has 2 heterocycles. The molecule has 2 aliphatic carbocycles. The highest BCUT2D eigenvalue weighted by Gasteiger charge is 2.75. The van der Waals surface area contributed by atoms with E-state index in [1.807, 2.05) is 6.07 Å². The molecule has 0 radical (unpaired) electrons. The molecule has 0 amide bonds. The molecule has 7 heteroatoms. The molecule has 2 aliphatic heterocycles. The van der Waals surface area contributed by atoms with Crippen LogP contribution in [0.3, 0.4) is 0 Å². The van der Waals surface area contributed by atoms with E-state index in [9.17, 15) is 9.59 Å². The molecule has 4 aliphatic rings. The summed E-state index contributed by atoms with van der Waals surface area (Å²) in [7, 11) is 2.16. The number of likely N-dealkylation sites (N-methyl/N-ethyl adjacent to an activating group) is 1. The van der Waals surface area contributed by atoms with Gasteiger partial charge in [0.25, 0.3) is 0 Å². The Labute approximate surface area is 272 Å². The number of aryl methyl sites for hydroxylation is 1. The zero-order valence-electron chi connectivity index (χ0n) is 27.3. The van der Waals surface area contributed by atoms with Crippen molar-refractivity contribution in [2.24, 2.45) is 0 Å². The van der Waals surface area contributed by atoms with Gasteiger partial charge in [0.1, 0.15) is 11.7 Å². The number of likely N-dealkylation sites (tertiary alicyclic amines) is 1. The van der Waals surface area contributed by atoms with Gasteiger partial charge < -0.3 is 14.2 Å². The van der Waals surface area contributed by atoms with Crippen LogP contribution >= 0.6 is 0 Å². The van der Waals surface area contributed by atoms with Crippen LogP contribution in [0.25, 0.3) is 6.08 Å². The maximum Gasteiger partial charge on any atom is 0.308 e. The molecule has 1 spiro atoms. The zero-order valence-corrected chi connectivity index (χ0v) is 27.3. The molecule has 1 saturated carbocycles. The average Bonchev–Trinajstić information content (AvgIpc) is 3.37. The van der Waals surface area contributed by atoms with Crippen molar-refractivity contribution < 1.29 is 23.8 Å². The molecule has 5 atom stereocenters. The third-order valence-electron chi connectivity index (χ3n) is 10.9. The predicted molar refractivity (Wildman–Crippen MR) is 178 cm³/mol. The Kier molecular flexibility index (Phi) is 8.02. The van der Waals surface area contributed by atoms with Gasteiger partial charge in [0.15, 0.2) is 11.5 Å². The van der Waals surface area contributed by atoms with E-state index in [4.69, 9.17) is 14.2 Å². The van der Waals surface area contributed by atoms with E-state index in [2.05, 4.69) is 96.6 Å². The first kappa shape index (κ1) is 30.7. The lowest BCUT2D eigenvalue weighted by atomic mass is 9.48. The van der Waals surface area contributed by atoms with Gasteiger partial charge in [-0.1, -0.05) is 78.4 Å². The summed E-state index contributed by atoms with van der Waals surface area (Å²) in [6.07, 6.45) is 8.18. The molecule has 7 rings (SSSR count). The second kappa shape index (κ2) is 12.0. The van der Waals surface area contributed by atoms with E-state index in [-0.39, 0.29) is 30.1 Å². The van der Waals surface area contributed by atoms with Crippen LogP contribution in [0, 0.1) is 6.92 Å². The lowest BCUT2D eigenvalue weighted by Crippen LogP contribution is -2.79. The fourth-order valence-electron chi connectivity index (χ4n) is 9.16. The summed E-state index contributed by atoms with van der Waals surface area (Å²) < 4.78 is 19.5. The number of nitrogens with zero attached hydrogens (tertiary/aromatic N) is 2. The molecule has 3 aromatic rings. The summed E-state index contributed by atoms with van der Waals surface area (Å²) in [4.78, 5) is 30.2. The quantitative estimate of drug-likeness (QED) is 0.218. The molecule has 3 aromatic carbocycles. The van der Waals surface area contributed by atoms with Gasteiger partial charge in [-0.05, 0) is 75.4 Å². The highest BCUT2D eigenvalue weighted by atomic mass is 16.6. The summed E-state index contributed by atoms with van der Waals surface area (Å²) in [5.74, 6) is 0.477. The highest BCUT2D eigenvalue weighted by molar-refractivity contribution is 5.73. The Morgan fingerprint density at radius 2 is 1.87 bits per heavy atom. The fraction of sp³-hybridized carbons (Fsp3) is 0.436. The molecular weight excluding hydrogens is 576 g/mol. The van der Waals surface area contributed by atoms with Crippen molar-refractivity contribution in [1.29, 1.82) is 0 Å². The van der Waals surface area contributed by atoms with Gasteiger partial charge in [-0.3, -0.25) is 19.4 Å². The number of esters is 2. The van der Waals surface area contributed by atoms with Crippen LogP contribution in [0.2, 0.25) is 0 Å². The minimum Gasteiger partial charge on any atom is -0.483 e. The zero-order chi connectivity index (χ0) is 32.1. The smallest absolute Gasteiger partial charge is 0.308 e. The lowest BCUT2D eigenvalue weighted by molar-refractivity contribution is -0.223. The molecule has 0 aromatic heterocycles. The van der Waals surface area contributed by atoms with E-state index in [1.165, 1.54) is 29.2 Å². The Morgan fingerprint density at radius 1 is 1.04 bits per heavy atom. The minimum atomic E-state index is -0.750. The number of hydrogen-bond donors (Lipinski definition) is 0. The molecular formula is C39H44N2O5. The van der Waals surface area contributed by atoms with E-state index in [1.54, 1.807) is 6.92 Å². The number of benzene rings is 3. The maximum absolute atomic E-state index is 13.1. The van der Waals surface area contributed by atoms with Gasteiger partial charge >= 0.3 is 11.9 Å². The van der Waals surface area contributed by atoms with Crippen LogP contribution in [-0.4, -0.2) is 72.2 Å². The summed E-state index contributed by atoms with van der Waals surface area (Å²) >= 11 is 0. The van der Waals surface area contributed by atoms with E-state index < -0.39 is 11.0 Å². The van der Waals surface area contributed by atoms with Crippen LogP contribution in [-0.2, 0) is 32.6 Å². The average molecular weight is 621 g/mol. The van der Waals surface area contributed by atoms with Crippen LogP contribution < -0.4 is 9.47 Å². The number of carbonyl (C=O) groups is 2. The predicted octanol–water partition coefficient (Wildman–Crippen LogP) is 5.90. The van der Waals surface area contributed by atoms with Crippen molar-refractivity contribution in [2.45, 2.75) is 82.1 Å². The van der Waals surface area contributed by atoms with Gasteiger partial charge in [0, 0.05) is 38.5 Å². The van der Waals surface area contributed by atoms with Crippen LogP contribution in [0.15, 0.2) is 72.8 Å². The fourth-order valence-corrected chi connectivity index (χ4v) is 9.16. The SMILES string of the molecule is CC(=O)Oc1ccc2c3c1OC1C(N(C)C/C=C/c4cccc(C)c4)CC[C@@]4(OC(C)=O)[C@@H](C2)N(CCc2ccccc2)CC[C@]314. The number of carbonyl (C=O) groups excluding carboxylic acids is 2. The van der Waals surface area contributed by atoms with Crippen molar-refractivity contribution in [3.05, 3.63) is 101 Å². The first-order chi connectivity index (χ1) is 22.2. The van der Waals surface area contributed by atoms with E-state index in [0.29, 0.717) is 11.5 Å². The largest absolute Gasteiger partial charge is 0.483 e. The standard InChI is InChI=1S/C39H44N2O5/c1-26-10-8-13-30(24-26)14-9-21-40(4)32-17-19-39(46-28(3)43)34-25-31-15-16-33(44-27(2)42)36-35(31)38(39,37(32)45-36)20-23-41(34)22-18-29-11-6-5-7-12-29/h5-16,24,32,34,37H,17-23,25H2,1-4H3/b14-9+/t32?,34-,37?,38+,39-/m1/s1. The van der Waals surface area contributed by atoms with Gasteiger partial charge in [0.2, 0.25) is 0 Å². The highest BCUT2D eigenvalue weighted by Crippen LogP contribution is 2.67. The normalized spacial score (nSPS) is 27.7. The number of hydrogen-bond acceptors (Lipinski definition) is 7. The Morgan fingerprint density at radius 3 is 2.63 bits per heavy atom. The minimum absolute atomic E-state index is 0.0189. The first-order valence-corrected chi connectivity index (χ1v) is 16.6. The first-order valence-electron chi connectivity index (χ1n) is 16.6. The van der Waals surface area contributed by atoms with Gasteiger partial charge in [-0.2, -0.15) is 0 Å². The van der Waals surface area contributed by atoms with Gasteiger partial charge in [-0.25, -0.2) is 0 Å². The molecule has 2 fully saturated rings. The molecule has 46 heavy (non-hydrogen) atoms. The third-order valence-corrected chi connectivity index (χ3v) is 10.9. The second-order valence-corrected chi connectivity index (χ2v) is 13.6. The van der Waals surface area contributed by atoms with Crippen LogP contribution in [0.5, 0.6) is 11.5 Å². The molecule has 2 unspecified atom stereocenters. The van der Waals surface area contributed by atoms with Crippen molar-refractivity contribution >= 4 is 18.0 Å². The molecule has 7 nitrogen and oxygen atoms in total. The molecule has 2 bridgehead atoms. The second-order valence-electron chi connectivity index (χ2n) is 13.6. The van der Waals surface area contributed by atoms with E-state index >= 15 is 0 Å². The monoisotopic (exact) mass is 620 g/mol. The summed E-state index contributed by atoms with van der Waals surface area (Å²) in [6, 6.07) is 23.2. The Hall–Kier alpha value is -3.94. The number of piperidine rings is 1. The van der Waals surface area contributed by atoms with Gasteiger partial charge in [0.05, 0.1) is 11.5 Å². The summed E-state index contributed by atoms with van der Waals surface area (Å²) in [5.41, 5.74) is 4.71. The topological polar surface area (TPSA) is 68.3 Å². The lowest BCUT2D eigenvalue weighted by Gasteiger charge is -2.65. The number of rotatable bonds is 9. The van der Waals surface area contributed by atoms with Crippen molar-refractivity contribution in [1.82, 2.24) is 9.80 Å². The summed E-state index contributed by atoms with van der Waals surface area (Å²) in [6.45, 7) is 7.59. The Balaban J connectivity index is 1.28. The van der Waals surface area contributed by atoms with Crippen molar-refractivity contribution in [3.8, 4) is 11.5 Å². The van der Waals surface area contributed by atoms with Crippen molar-refractivity contribution in [3.63, 3.8) is 0 Å². The molecule has 1 saturated heterocycles. The van der Waals surface area contributed by atoms with Crippen molar-refractivity contribution in [2.75, 3.05) is 26.7 Å². The molecule has 0 N–H and O–H groups in total. The Bertz CT molecular complexity index is 1670. The number of ether oxygens (including phenoxy) is 3. The molecule has 240 valence electrons. The van der Waals surface area contributed by atoms with Crippen LogP contribution in [0.1, 0.15) is 60.9 Å². The maximum atomic E-state index is 13.1. The van der Waals surface area contributed by atoms with E-state index in [0.717, 1.165) is 57.3 Å². The third kappa shape index (κ3) is 5.05. The summed E-state index contributed by atoms with van der Waals surface area (Å²) in [5, 5.41) is 0.